The maximum Gasteiger partial charge on any atom is 0.215 e. The van der Waals surface area contributed by atoms with Crippen LogP contribution in [0.5, 0.6) is 0 Å². The van der Waals surface area contributed by atoms with Crippen LogP contribution in [0.1, 0.15) is 39.5 Å². The normalized spacial score (nSPS) is 44.4. The Bertz CT molecular complexity index is 459. The van der Waals surface area contributed by atoms with Crippen molar-refractivity contribution in [3.8, 4) is 0 Å². The molecule has 5 heteroatoms. The van der Waals surface area contributed by atoms with Crippen molar-refractivity contribution in [2.45, 2.75) is 45.6 Å². The molecule has 3 aliphatic rings. The molecule has 1 saturated heterocycles. The largest absolute Gasteiger partial charge is 0.396 e. The number of rotatable bonds is 3. The van der Waals surface area contributed by atoms with Gasteiger partial charge in [-0.25, -0.2) is 8.42 Å². The van der Waals surface area contributed by atoms with E-state index in [-0.39, 0.29) is 23.5 Å². The molecule has 2 aliphatic carbocycles. The number of aliphatic hydroxyl groups is 1. The van der Waals surface area contributed by atoms with E-state index in [1.807, 2.05) is 0 Å². The molecule has 0 aromatic carbocycles. The zero-order valence-corrected chi connectivity index (χ0v) is 12.0. The highest BCUT2D eigenvalue weighted by Crippen LogP contribution is 2.69. The van der Waals surface area contributed by atoms with E-state index in [0.29, 0.717) is 24.6 Å². The van der Waals surface area contributed by atoms with Gasteiger partial charge in [-0.1, -0.05) is 13.8 Å². The van der Waals surface area contributed by atoms with Crippen LogP contribution in [0.15, 0.2) is 0 Å². The van der Waals surface area contributed by atoms with E-state index in [1.165, 1.54) is 6.42 Å². The molecule has 0 unspecified atom stereocenters. The molecular formula is C13H23NO3S. The van der Waals surface area contributed by atoms with Gasteiger partial charge in [-0.3, -0.25) is 0 Å². The van der Waals surface area contributed by atoms with Crippen LogP contribution >= 0.6 is 0 Å². The maximum atomic E-state index is 12.4. The smallest absolute Gasteiger partial charge is 0.215 e. The van der Waals surface area contributed by atoms with E-state index in [2.05, 4.69) is 13.8 Å². The van der Waals surface area contributed by atoms with Gasteiger partial charge in [-0.15, -0.1) is 0 Å². The fraction of sp³-hybridized carbons (Fsp3) is 1.00. The number of aliphatic hydroxyl groups excluding tert-OH is 1. The number of fused-ring (bicyclic) bond motifs is 1. The Kier molecular flexibility index (Phi) is 2.65. The number of hydrogen-bond acceptors (Lipinski definition) is 3. The lowest BCUT2D eigenvalue weighted by molar-refractivity contribution is 0.111. The van der Waals surface area contributed by atoms with Crippen LogP contribution in [0.25, 0.3) is 0 Å². The highest BCUT2D eigenvalue weighted by Gasteiger charge is 2.71. The first kappa shape index (κ1) is 12.9. The zero-order chi connectivity index (χ0) is 13.2. The van der Waals surface area contributed by atoms with E-state index in [9.17, 15) is 8.42 Å². The van der Waals surface area contributed by atoms with Crippen molar-refractivity contribution in [3.05, 3.63) is 0 Å². The first-order valence-corrected chi connectivity index (χ1v) is 8.56. The second kappa shape index (κ2) is 3.70. The predicted molar refractivity (Wildman–Crippen MR) is 69.5 cm³/mol. The first-order valence-electron chi connectivity index (χ1n) is 6.95. The van der Waals surface area contributed by atoms with Crippen LogP contribution in [0.3, 0.4) is 0 Å². The maximum absolute atomic E-state index is 12.4. The average molecular weight is 273 g/mol. The Morgan fingerprint density at radius 1 is 1.39 bits per heavy atom. The zero-order valence-electron chi connectivity index (χ0n) is 11.2. The summed E-state index contributed by atoms with van der Waals surface area (Å²) in [6.45, 7) is 5.08. The molecule has 0 amide bonds. The lowest BCUT2D eigenvalue weighted by Crippen LogP contribution is -2.42. The molecule has 3 atom stereocenters. The molecule has 0 aromatic rings. The van der Waals surface area contributed by atoms with Crippen LogP contribution in [-0.2, 0) is 10.0 Å². The summed E-state index contributed by atoms with van der Waals surface area (Å²) in [6, 6.07) is 0.197. The van der Waals surface area contributed by atoms with Crippen LogP contribution in [0, 0.1) is 16.7 Å². The van der Waals surface area contributed by atoms with Crippen LogP contribution in [0.2, 0.25) is 0 Å². The van der Waals surface area contributed by atoms with Gasteiger partial charge in [0, 0.05) is 24.6 Å². The van der Waals surface area contributed by atoms with Gasteiger partial charge in [0.15, 0.2) is 0 Å². The van der Waals surface area contributed by atoms with Crippen molar-refractivity contribution < 1.29 is 13.5 Å². The molecular weight excluding hydrogens is 250 g/mol. The van der Waals surface area contributed by atoms with E-state index in [0.717, 1.165) is 12.8 Å². The third-order valence-electron chi connectivity index (χ3n) is 6.07. The first-order chi connectivity index (χ1) is 8.35. The van der Waals surface area contributed by atoms with Crippen molar-refractivity contribution in [1.29, 1.82) is 0 Å². The molecule has 3 rings (SSSR count). The molecule has 1 spiro atoms. The monoisotopic (exact) mass is 273 g/mol. The molecule has 1 aliphatic heterocycles. The lowest BCUT2D eigenvalue weighted by atomic mass is 9.69. The molecule has 4 nitrogen and oxygen atoms in total. The Balaban J connectivity index is 1.97. The lowest BCUT2D eigenvalue weighted by Gasteiger charge is -2.37. The molecule has 18 heavy (non-hydrogen) atoms. The predicted octanol–water partition coefficient (Wildman–Crippen LogP) is 1.21. The minimum absolute atomic E-state index is 0.0219. The Morgan fingerprint density at radius 3 is 2.72 bits per heavy atom. The molecule has 104 valence electrons. The fourth-order valence-corrected chi connectivity index (χ4v) is 7.50. The van der Waals surface area contributed by atoms with Gasteiger partial charge in [0.1, 0.15) is 0 Å². The highest BCUT2D eigenvalue weighted by atomic mass is 32.2. The number of nitrogens with zero attached hydrogens (tertiary/aromatic N) is 1. The molecule has 0 aromatic heterocycles. The third kappa shape index (κ3) is 1.36. The standard InChI is InChI=1S/C13H23NO3S/c1-12(2)10-4-5-13(12)9-18(16,17)14(6-3-7-15)11(13)8-10/h10-11,15H,3-9H2,1-2H3/t10-,11-,13+/m1/s1. The second-order valence-electron chi connectivity index (χ2n) is 6.81. The Labute approximate surface area is 109 Å². The van der Waals surface area contributed by atoms with Crippen molar-refractivity contribution in [3.63, 3.8) is 0 Å². The summed E-state index contributed by atoms with van der Waals surface area (Å²) in [6.07, 6.45) is 3.83. The summed E-state index contributed by atoms with van der Waals surface area (Å²) < 4.78 is 26.5. The van der Waals surface area contributed by atoms with E-state index in [4.69, 9.17) is 5.11 Å². The van der Waals surface area contributed by atoms with Gasteiger partial charge in [-0.2, -0.15) is 4.31 Å². The van der Waals surface area contributed by atoms with Gasteiger partial charge in [0.2, 0.25) is 10.0 Å². The highest BCUT2D eigenvalue weighted by molar-refractivity contribution is 7.89. The van der Waals surface area contributed by atoms with E-state index < -0.39 is 10.0 Å². The van der Waals surface area contributed by atoms with Gasteiger partial charge in [0.05, 0.1) is 5.75 Å². The molecule has 1 heterocycles. The van der Waals surface area contributed by atoms with Crippen LogP contribution < -0.4 is 0 Å². The number of hydrogen-bond donors (Lipinski definition) is 1. The van der Waals surface area contributed by atoms with E-state index in [1.54, 1.807) is 4.31 Å². The van der Waals surface area contributed by atoms with Crippen molar-refractivity contribution in [1.82, 2.24) is 4.31 Å². The quantitative estimate of drug-likeness (QED) is 0.841. The fourth-order valence-electron chi connectivity index (χ4n) is 4.90. The van der Waals surface area contributed by atoms with E-state index >= 15 is 0 Å². The summed E-state index contributed by atoms with van der Waals surface area (Å²) >= 11 is 0. The average Bonchev–Trinajstić information content (AvgIpc) is 2.73. The van der Waals surface area contributed by atoms with Gasteiger partial charge >= 0.3 is 0 Å². The summed E-state index contributed by atoms with van der Waals surface area (Å²) in [5.41, 5.74) is 0.130. The minimum Gasteiger partial charge on any atom is -0.396 e. The van der Waals surface area contributed by atoms with Crippen molar-refractivity contribution in [2.75, 3.05) is 18.9 Å². The van der Waals surface area contributed by atoms with Crippen LogP contribution in [-0.4, -0.2) is 42.8 Å². The van der Waals surface area contributed by atoms with Crippen molar-refractivity contribution >= 4 is 10.0 Å². The number of sulfonamides is 1. The molecule has 3 fully saturated rings. The molecule has 0 radical (unpaired) electrons. The Morgan fingerprint density at radius 2 is 2.11 bits per heavy atom. The van der Waals surface area contributed by atoms with Crippen LogP contribution in [0.4, 0.5) is 0 Å². The topological polar surface area (TPSA) is 57.6 Å². The summed E-state index contributed by atoms with van der Waals surface area (Å²) in [5, 5.41) is 8.95. The SMILES string of the molecule is CC1(C)[C@@H]2CC[C@@]13CS(=O)(=O)N(CCCO)[C@@H]3C2. The Hall–Kier alpha value is -0.130. The van der Waals surface area contributed by atoms with Gasteiger partial charge < -0.3 is 5.11 Å². The molecule has 2 bridgehead atoms. The summed E-state index contributed by atoms with van der Waals surface area (Å²) in [5.74, 6) is 1.01. The summed E-state index contributed by atoms with van der Waals surface area (Å²) in [7, 11) is -3.11. The minimum atomic E-state index is -3.11. The van der Waals surface area contributed by atoms with Gasteiger partial charge in [0.25, 0.3) is 0 Å². The second-order valence-corrected chi connectivity index (χ2v) is 8.73. The molecule has 2 saturated carbocycles. The molecule has 1 N–H and O–H groups in total. The summed E-state index contributed by atoms with van der Waals surface area (Å²) in [4.78, 5) is 0. The van der Waals surface area contributed by atoms with Crippen molar-refractivity contribution in [2.24, 2.45) is 16.7 Å². The van der Waals surface area contributed by atoms with Gasteiger partial charge in [-0.05, 0) is 37.0 Å². The third-order valence-corrected chi connectivity index (χ3v) is 8.10.